The third kappa shape index (κ3) is 4.21. The molecule has 0 radical (unpaired) electrons. The Morgan fingerprint density at radius 3 is 2.50 bits per heavy atom. The molecule has 3 aromatic rings. The van der Waals surface area contributed by atoms with Crippen LogP contribution in [0.5, 0.6) is 5.75 Å². The molecule has 5 nitrogen and oxygen atoms in total. The van der Waals surface area contributed by atoms with E-state index in [-0.39, 0.29) is 28.8 Å². The molecule has 0 saturated carbocycles. The summed E-state index contributed by atoms with van der Waals surface area (Å²) in [7, 11) is 1.54. The van der Waals surface area contributed by atoms with E-state index in [4.69, 9.17) is 16.3 Å². The molecule has 0 unspecified atom stereocenters. The second-order valence-electron chi connectivity index (χ2n) is 6.71. The fourth-order valence-electron chi connectivity index (χ4n) is 3.07. The maximum absolute atomic E-state index is 13.8. The van der Waals surface area contributed by atoms with Gasteiger partial charge in [-0.2, -0.15) is 0 Å². The predicted octanol–water partition coefficient (Wildman–Crippen LogP) is 4.32. The topological polar surface area (TPSA) is 60.3 Å². The van der Waals surface area contributed by atoms with Crippen LogP contribution < -0.4 is 15.6 Å². The summed E-state index contributed by atoms with van der Waals surface area (Å²) in [6, 6.07) is 9.67. The lowest BCUT2D eigenvalue weighted by Crippen LogP contribution is -2.23. The zero-order chi connectivity index (χ0) is 22.0. The molecule has 0 fully saturated rings. The molecular formula is C22H19ClF2N2O3. The maximum atomic E-state index is 13.8. The van der Waals surface area contributed by atoms with Crippen molar-refractivity contribution in [2.45, 2.75) is 20.5 Å². The fourth-order valence-corrected chi connectivity index (χ4v) is 3.27. The molecule has 0 aliphatic carbocycles. The van der Waals surface area contributed by atoms with E-state index in [1.54, 1.807) is 38.1 Å². The number of nitrogens with one attached hydrogen (secondary N) is 1. The molecule has 0 spiro atoms. The first-order valence-corrected chi connectivity index (χ1v) is 9.42. The number of halogens is 3. The van der Waals surface area contributed by atoms with Crippen molar-refractivity contribution < 1.29 is 18.3 Å². The third-order valence-electron chi connectivity index (χ3n) is 4.63. The molecular weight excluding hydrogens is 414 g/mol. The Labute approximate surface area is 176 Å². The molecule has 2 aromatic carbocycles. The van der Waals surface area contributed by atoms with Crippen LogP contribution in [0.3, 0.4) is 0 Å². The van der Waals surface area contributed by atoms with Gasteiger partial charge in [0.05, 0.1) is 5.69 Å². The van der Waals surface area contributed by atoms with Gasteiger partial charge in [0.15, 0.2) is 0 Å². The Morgan fingerprint density at radius 2 is 1.87 bits per heavy atom. The molecule has 156 valence electrons. The average Bonchev–Trinajstić information content (AvgIpc) is 2.71. The lowest BCUT2D eigenvalue weighted by molar-refractivity contribution is 0.0963. The highest BCUT2D eigenvalue weighted by Gasteiger charge is 2.17. The highest BCUT2D eigenvalue weighted by molar-refractivity contribution is 6.31. The Kier molecular flexibility index (Phi) is 6.22. The largest absolute Gasteiger partial charge is 0.487 e. The zero-order valence-electron chi connectivity index (χ0n) is 16.6. The Bertz CT molecular complexity index is 1190. The van der Waals surface area contributed by atoms with E-state index >= 15 is 0 Å². The smallest absolute Gasteiger partial charge is 0.277 e. The van der Waals surface area contributed by atoms with Crippen LogP contribution in [0, 0.1) is 25.5 Å². The van der Waals surface area contributed by atoms with Crippen molar-refractivity contribution in [3.05, 3.63) is 91.9 Å². The van der Waals surface area contributed by atoms with Gasteiger partial charge in [-0.3, -0.25) is 14.2 Å². The van der Waals surface area contributed by atoms with Gasteiger partial charge in [0.25, 0.3) is 11.5 Å². The van der Waals surface area contributed by atoms with Crippen LogP contribution in [0.25, 0.3) is 5.69 Å². The van der Waals surface area contributed by atoms with Crippen molar-refractivity contribution in [1.82, 2.24) is 9.88 Å². The number of benzene rings is 2. The molecule has 30 heavy (non-hydrogen) atoms. The van der Waals surface area contributed by atoms with Crippen LogP contribution in [0.2, 0.25) is 5.02 Å². The van der Waals surface area contributed by atoms with Crippen molar-refractivity contribution in [1.29, 1.82) is 0 Å². The van der Waals surface area contributed by atoms with Crippen molar-refractivity contribution in [2.24, 2.45) is 0 Å². The number of carbonyl (C=O) groups excluding carboxylic acids is 1. The second kappa shape index (κ2) is 8.67. The van der Waals surface area contributed by atoms with E-state index in [0.717, 1.165) is 12.1 Å². The van der Waals surface area contributed by atoms with Gasteiger partial charge in [-0.15, -0.1) is 0 Å². The normalized spacial score (nSPS) is 10.7. The van der Waals surface area contributed by atoms with Gasteiger partial charge in [-0.25, -0.2) is 8.78 Å². The Balaban J connectivity index is 1.95. The molecule has 1 aromatic heterocycles. The molecule has 0 atom stereocenters. The second-order valence-corrected chi connectivity index (χ2v) is 7.09. The van der Waals surface area contributed by atoms with Gasteiger partial charge >= 0.3 is 0 Å². The van der Waals surface area contributed by atoms with E-state index in [9.17, 15) is 18.4 Å². The van der Waals surface area contributed by atoms with Crippen molar-refractivity contribution >= 4 is 17.5 Å². The highest BCUT2D eigenvalue weighted by Crippen LogP contribution is 2.26. The number of rotatable bonds is 5. The number of nitrogens with zero attached hydrogens (tertiary/aromatic N) is 1. The lowest BCUT2D eigenvalue weighted by atomic mass is 10.1. The first kappa shape index (κ1) is 21.5. The van der Waals surface area contributed by atoms with Gasteiger partial charge in [0.2, 0.25) is 0 Å². The summed E-state index contributed by atoms with van der Waals surface area (Å²) in [5, 5.41) is 2.38. The summed E-state index contributed by atoms with van der Waals surface area (Å²) >= 11 is 6.23. The fraction of sp³-hybridized carbons (Fsp3) is 0.182. The minimum atomic E-state index is -0.747. The monoisotopic (exact) mass is 432 g/mol. The minimum absolute atomic E-state index is 0.0961. The molecule has 8 heteroatoms. The molecule has 0 bridgehead atoms. The maximum Gasteiger partial charge on any atom is 0.277 e. The van der Waals surface area contributed by atoms with Crippen LogP contribution in [0.15, 0.2) is 47.3 Å². The van der Waals surface area contributed by atoms with Crippen LogP contribution in [0.4, 0.5) is 8.78 Å². The number of carbonyl (C=O) groups is 1. The van der Waals surface area contributed by atoms with E-state index in [1.165, 1.54) is 17.7 Å². The number of hydrogen-bond donors (Lipinski definition) is 1. The average molecular weight is 433 g/mol. The third-order valence-corrected chi connectivity index (χ3v) is 4.97. The van der Waals surface area contributed by atoms with E-state index in [0.29, 0.717) is 22.5 Å². The number of aryl methyl sites for hydroxylation is 2. The Hall–Kier alpha value is -3.19. The first-order chi connectivity index (χ1) is 14.2. The molecule has 0 aliphatic heterocycles. The quantitative estimate of drug-likeness (QED) is 0.653. The van der Waals surface area contributed by atoms with Gasteiger partial charge in [-0.05, 0) is 49.7 Å². The van der Waals surface area contributed by atoms with Gasteiger partial charge in [0, 0.05) is 36.0 Å². The van der Waals surface area contributed by atoms with Crippen LogP contribution in [0.1, 0.15) is 27.2 Å². The van der Waals surface area contributed by atoms with Gasteiger partial charge in [-0.1, -0.05) is 11.6 Å². The summed E-state index contributed by atoms with van der Waals surface area (Å²) in [4.78, 5) is 24.7. The van der Waals surface area contributed by atoms with E-state index < -0.39 is 17.2 Å². The molecule has 0 aliphatic rings. The van der Waals surface area contributed by atoms with Crippen LogP contribution in [-0.2, 0) is 6.61 Å². The molecule has 1 heterocycles. The number of ether oxygens (including phenoxy) is 1. The highest BCUT2D eigenvalue weighted by atomic mass is 35.5. The summed E-state index contributed by atoms with van der Waals surface area (Å²) in [5.74, 6) is -1.57. The molecule has 1 N–H and O–H groups in total. The summed E-state index contributed by atoms with van der Waals surface area (Å²) in [6.45, 7) is 3.27. The molecule has 1 amide bonds. The van der Waals surface area contributed by atoms with E-state index in [2.05, 4.69) is 5.32 Å². The minimum Gasteiger partial charge on any atom is -0.487 e. The van der Waals surface area contributed by atoms with Crippen molar-refractivity contribution in [3.63, 3.8) is 0 Å². The molecule has 3 rings (SSSR count). The predicted molar refractivity (Wildman–Crippen MR) is 111 cm³/mol. The zero-order valence-corrected chi connectivity index (χ0v) is 17.3. The van der Waals surface area contributed by atoms with Gasteiger partial charge in [0.1, 0.15) is 29.0 Å². The number of hydrogen-bond acceptors (Lipinski definition) is 3. The van der Waals surface area contributed by atoms with Crippen LogP contribution >= 0.6 is 11.6 Å². The van der Waals surface area contributed by atoms with Crippen LogP contribution in [-0.4, -0.2) is 17.5 Å². The van der Waals surface area contributed by atoms with Crippen molar-refractivity contribution in [2.75, 3.05) is 7.05 Å². The first-order valence-electron chi connectivity index (χ1n) is 9.05. The number of pyridine rings is 1. The SMILES string of the molecule is CNC(=O)c1ccc(-n2c(C)cc(OCc3ccc(F)cc3F)c(Cl)c2=O)c(C)c1. The summed E-state index contributed by atoms with van der Waals surface area (Å²) < 4.78 is 33.8. The van der Waals surface area contributed by atoms with Crippen molar-refractivity contribution in [3.8, 4) is 11.4 Å². The Morgan fingerprint density at radius 1 is 1.13 bits per heavy atom. The standard InChI is InChI=1S/C22H19ClF2N2O3/c1-12-8-14(21(28)26-3)5-7-18(12)27-13(2)9-19(20(23)22(27)29)30-11-15-4-6-16(24)10-17(15)25/h4-10H,11H2,1-3H3,(H,26,28). The van der Waals surface area contributed by atoms with E-state index in [1.807, 2.05) is 0 Å². The summed E-state index contributed by atoms with van der Waals surface area (Å²) in [6.07, 6.45) is 0. The lowest BCUT2D eigenvalue weighted by Gasteiger charge is -2.16. The number of amides is 1. The number of aromatic nitrogens is 1. The molecule has 0 saturated heterocycles. The van der Waals surface area contributed by atoms with Gasteiger partial charge < -0.3 is 10.1 Å². The summed E-state index contributed by atoms with van der Waals surface area (Å²) in [5.41, 5.74) is 1.91.